The van der Waals surface area contributed by atoms with Crippen molar-refractivity contribution in [3.8, 4) is 0 Å². The van der Waals surface area contributed by atoms with Gasteiger partial charge in [-0.3, -0.25) is 14.9 Å². The Balaban J connectivity index is 1.59. The van der Waals surface area contributed by atoms with E-state index in [0.29, 0.717) is 11.3 Å². The number of aryl methyl sites for hydroxylation is 1. The zero-order valence-electron chi connectivity index (χ0n) is 14.1. The van der Waals surface area contributed by atoms with Gasteiger partial charge in [0.15, 0.2) is 0 Å². The van der Waals surface area contributed by atoms with Crippen molar-refractivity contribution in [2.75, 3.05) is 23.3 Å². The van der Waals surface area contributed by atoms with Crippen LogP contribution in [0.1, 0.15) is 18.4 Å². The zero-order chi connectivity index (χ0) is 17.8. The van der Waals surface area contributed by atoms with Crippen molar-refractivity contribution in [1.29, 1.82) is 0 Å². The average molecular weight is 339 g/mol. The number of rotatable bonds is 4. The van der Waals surface area contributed by atoms with Crippen molar-refractivity contribution in [3.05, 3.63) is 64.2 Å². The largest absolute Gasteiger partial charge is 0.371 e. The van der Waals surface area contributed by atoms with Gasteiger partial charge in [-0.25, -0.2) is 0 Å². The van der Waals surface area contributed by atoms with Gasteiger partial charge in [-0.05, 0) is 43.5 Å². The van der Waals surface area contributed by atoms with Gasteiger partial charge >= 0.3 is 0 Å². The van der Waals surface area contributed by atoms with Crippen LogP contribution < -0.4 is 10.2 Å². The van der Waals surface area contributed by atoms with E-state index in [0.717, 1.165) is 25.9 Å². The summed E-state index contributed by atoms with van der Waals surface area (Å²) < 4.78 is 0. The van der Waals surface area contributed by atoms with E-state index < -0.39 is 4.92 Å². The van der Waals surface area contributed by atoms with Gasteiger partial charge in [0.25, 0.3) is 5.69 Å². The molecular formula is C19H21N3O3. The molecule has 130 valence electrons. The quantitative estimate of drug-likeness (QED) is 0.680. The standard InChI is InChI=1S/C19H21N3O3/c1-14-13-17(22(24)25)7-8-18(14)20-19(23)15-9-11-21(12-10-15)16-5-3-2-4-6-16/h2-8,13,15H,9-12H2,1H3,(H,20,23). The monoisotopic (exact) mass is 339 g/mol. The van der Waals surface area contributed by atoms with Gasteiger partial charge in [0.2, 0.25) is 5.91 Å². The van der Waals surface area contributed by atoms with E-state index in [1.807, 2.05) is 18.2 Å². The van der Waals surface area contributed by atoms with Gasteiger partial charge in [-0.1, -0.05) is 18.2 Å². The van der Waals surface area contributed by atoms with Crippen LogP contribution in [0.5, 0.6) is 0 Å². The number of piperidine rings is 1. The Morgan fingerprint density at radius 3 is 2.44 bits per heavy atom. The van der Waals surface area contributed by atoms with Crippen molar-refractivity contribution < 1.29 is 9.72 Å². The molecule has 6 heteroatoms. The van der Waals surface area contributed by atoms with E-state index in [4.69, 9.17) is 0 Å². The number of nitrogens with one attached hydrogen (secondary N) is 1. The van der Waals surface area contributed by atoms with Gasteiger partial charge in [-0.15, -0.1) is 0 Å². The maximum atomic E-state index is 12.5. The second-order valence-electron chi connectivity index (χ2n) is 6.34. The van der Waals surface area contributed by atoms with E-state index in [9.17, 15) is 14.9 Å². The van der Waals surface area contributed by atoms with E-state index in [1.54, 1.807) is 13.0 Å². The Morgan fingerprint density at radius 2 is 1.84 bits per heavy atom. The molecule has 0 atom stereocenters. The Morgan fingerprint density at radius 1 is 1.16 bits per heavy atom. The molecule has 0 aromatic heterocycles. The fraction of sp³-hybridized carbons (Fsp3) is 0.316. The first-order valence-electron chi connectivity index (χ1n) is 8.40. The molecular weight excluding hydrogens is 318 g/mol. The van der Waals surface area contributed by atoms with E-state index >= 15 is 0 Å². The molecule has 0 radical (unpaired) electrons. The minimum Gasteiger partial charge on any atom is -0.371 e. The fourth-order valence-electron chi connectivity index (χ4n) is 3.18. The van der Waals surface area contributed by atoms with Crippen LogP contribution >= 0.6 is 0 Å². The molecule has 2 aromatic carbocycles. The number of nitrogens with zero attached hydrogens (tertiary/aromatic N) is 2. The highest BCUT2D eigenvalue weighted by Gasteiger charge is 2.25. The number of non-ortho nitro benzene ring substituents is 1. The molecule has 1 fully saturated rings. The molecule has 25 heavy (non-hydrogen) atoms. The molecule has 3 rings (SSSR count). The lowest BCUT2D eigenvalue weighted by Crippen LogP contribution is -2.38. The number of amides is 1. The van der Waals surface area contributed by atoms with Crippen LogP contribution in [0.2, 0.25) is 0 Å². The summed E-state index contributed by atoms with van der Waals surface area (Å²) >= 11 is 0. The number of nitro groups is 1. The molecule has 1 aliphatic rings. The number of hydrogen-bond acceptors (Lipinski definition) is 4. The third-order valence-corrected chi connectivity index (χ3v) is 4.67. The summed E-state index contributed by atoms with van der Waals surface area (Å²) in [6.07, 6.45) is 1.60. The van der Waals surface area contributed by atoms with Crippen LogP contribution in [0.4, 0.5) is 17.1 Å². The maximum absolute atomic E-state index is 12.5. The first-order valence-corrected chi connectivity index (χ1v) is 8.40. The molecule has 1 heterocycles. The second kappa shape index (κ2) is 7.34. The Hall–Kier alpha value is -2.89. The third-order valence-electron chi connectivity index (χ3n) is 4.67. The summed E-state index contributed by atoms with van der Waals surface area (Å²) in [5.74, 6) is -0.0424. The third kappa shape index (κ3) is 3.96. The van der Waals surface area contributed by atoms with Gasteiger partial charge in [0.1, 0.15) is 0 Å². The first-order chi connectivity index (χ1) is 12.0. The van der Waals surface area contributed by atoms with Crippen LogP contribution in [0.15, 0.2) is 48.5 Å². The Bertz CT molecular complexity index is 769. The minimum absolute atomic E-state index is 0.00957. The summed E-state index contributed by atoms with van der Waals surface area (Å²) in [7, 11) is 0. The summed E-state index contributed by atoms with van der Waals surface area (Å²) in [6, 6.07) is 14.7. The summed E-state index contributed by atoms with van der Waals surface area (Å²) in [6.45, 7) is 3.46. The number of benzene rings is 2. The molecule has 1 amide bonds. The predicted octanol–water partition coefficient (Wildman–Crippen LogP) is 3.76. The van der Waals surface area contributed by atoms with Crippen LogP contribution in [-0.2, 0) is 4.79 Å². The first kappa shape index (κ1) is 17.0. The SMILES string of the molecule is Cc1cc([N+](=O)[O-])ccc1NC(=O)C1CCN(c2ccccc2)CC1. The van der Waals surface area contributed by atoms with E-state index in [1.165, 1.54) is 17.8 Å². The molecule has 0 unspecified atom stereocenters. The van der Waals surface area contributed by atoms with Crippen molar-refractivity contribution >= 4 is 23.0 Å². The van der Waals surface area contributed by atoms with Crippen molar-refractivity contribution in [2.24, 2.45) is 5.92 Å². The highest BCUT2D eigenvalue weighted by Crippen LogP contribution is 2.26. The van der Waals surface area contributed by atoms with Gasteiger partial charge in [0, 0.05) is 42.5 Å². The summed E-state index contributed by atoms with van der Waals surface area (Å²) in [4.78, 5) is 25.2. The molecule has 1 N–H and O–H groups in total. The summed E-state index contributed by atoms with van der Waals surface area (Å²) in [5.41, 5.74) is 2.56. The molecule has 2 aromatic rings. The van der Waals surface area contributed by atoms with Gasteiger partial charge < -0.3 is 10.2 Å². The lowest BCUT2D eigenvalue weighted by molar-refractivity contribution is -0.384. The van der Waals surface area contributed by atoms with Gasteiger partial charge in [0.05, 0.1) is 4.92 Å². The number of carbonyl (C=O) groups is 1. The molecule has 0 bridgehead atoms. The number of hydrogen-bond donors (Lipinski definition) is 1. The van der Waals surface area contributed by atoms with Crippen molar-refractivity contribution in [2.45, 2.75) is 19.8 Å². The number of carbonyl (C=O) groups excluding carboxylic acids is 1. The van der Waals surface area contributed by atoms with Crippen molar-refractivity contribution in [1.82, 2.24) is 0 Å². The molecule has 6 nitrogen and oxygen atoms in total. The Kier molecular flexibility index (Phi) is 4.97. The van der Waals surface area contributed by atoms with Crippen LogP contribution in [0.25, 0.3) is 0 Å². The average Bonchev–Trinajstić information content (AvgIpc) is 2.64. The highest BCUT2D eigenvalue weighted by atomic mass is 16.6. The smallest absolute Gasteiger partial charge is 0.269 e. The maximum Gasteiger partial charge on any atom is 0.269 e. The van der Waals surface area contributed by atoms with Gasteiger partial charge in [-0.2, -0.15) is 0 Å². The molecule has 0 aliphatic carbocycles. The van der Waals surface area contributed by atoms with Crippen LogP contribution in [0.3, 0.4) is 0 Å². The second-order valence-corrected chi connectivity index (χ2v) is 6.34. The van der Waals surface area contributed by atoms with Crippen LogP contribution in [-0.4, -0.2) is 23.9 Å². The predicted molar refractivity (Wildman–Crippen MR) is 97.8 cm³/mol. The number of anilines is 2. The van der Waals surface area contributed by atoms with E-state index in [2.05, 4.69) is 22.3 Å². The minimum atomic E-state index is -0.433. The fourth-order valence-corrected chi connectivity index (χ4v) is 3.18. The van der Waals surface area contributed by atoms with Crippen molar-refractivity contribution in [3.63, 3.8) is 0 Å². The number of para-hydroxylation sites is 1. The lowest BCUT2D eigenvalue weighted by atomic mass is 9.95. The molecule has 0 saturated carbocycles. The van der Waals surface area contributed by atoms with E-state index in [-0.39, 0.29) is 17.5 Å². The molecule has 0 spiro atoms. The Labute approximate surface area is 146 Å². The summed E-state index contributed by atoms with van der Waals surface area (Å²) in [5, 5.41) is 13.7. The molecule has 1 saturated heterocycles. The zero-order valence-corrected chi connectivity index (χ0v) is 14.1. The topological polar surface area (TPSA) is 75.5 Å². The number of nitro benzene ring substituents is 1. The lowest BCUT2D eigenvalue weighted by Gasteiger charge is -2.33. The normalized spacial score (nSPS) is 15.0. The molecule has 1 aliphatic heterocycles. The highest BCUT2D eigenvalue weighted by molar-refractivity contribution is 5.93. The van der Waals surface area contributed by atoms with Crippen LogP contribution in [0, 0.1) is 23.0 Å².